The van der Waals surface area contributed by atoms with Crippen LogP contribution in [0.2, 0.25) is 10.0 Å². The Morgan fingerprint density at radius 3 is 2.18 bits per heavy atom. The lowest BCUT2D eigenvalue weighted by molar-refractivity contribution is -0.117. The number of carbonyl (C=O) groups is 1. The van der Waals surface area contributed by atoms with Crippen molar-refractivity contribution >= 4 is 66.4 Å². The summed E-state index contributed by atoms with van der Waals surface area (Å²) in [5, 5.41) is 12.5. The van der Waals surface area contributed by atoms with E-state index in [1.165, 1.54) is 43.3 Å². The van der Waals surface area contributed by atoms with Gasteiger partial charge in [-0.3, -0.25) is 9.35 Å². The van der Waals surface area contributed by atoms with Crippen LogP contribution >= 0.6 is 23.2 Å². The first kappa shape index (κ1) is 27.7. The first-order valence-electron chi connectivity index (χ1n) is 10.6. The number of anilines is 1. The Hall–Kier alpha value is -3.36. The Morgan fingerprint density at radius 2 is 1.58 bits per heavy atom. The average Bonchev–Trinajstić information content (AvgIpc) is 3.12. The lowest BCUT2D eigenvalue weighted by Gasteiger charge is -2.15. The third-order valence-electron chi connectivity index (χ3n) is 5.24. The van der Waals surface area contributed by atoms with Crippen molar-refractivity contribution in [1.82, 2.24) is 0 Å². The van der Waals surface area contributed by atoms with Gasteiger partial charge in [0, 0.05) is 0 Å². The smallest absolute Gasteiger partial charge is 0.339 e. The monoisotopic (exact) mass is 596 g/mol. The molecule has 1 heterocycles. The van der Waals surface area contributed by atoms with Crippen molar-refractivity contribution < 1.29 is 30.4 Å². The van der Waals surface area contributed by atoms with E-state index in [1.807, 2.05) is 6.92 Å². The molecule has 3 aromatic rings. The van der Waals surface area contributed by atoms with E-state index >= 15 is 0 Å². The highest BCUT2D eigenvalue weighted by Crippen LogP contribution is 2.36. The van der Waals surface area contributed by atoms with Crippen LogP contribution < -0.4 is 9.19 Å². The number of amides is 1. The van der Waals surface area contributed by atoms with E-state index in [4.69, 9.17) is 27.4 Å². The molecule has 0 radical (unpaired) electrons. The van der Waals surface area contributed by atoms with Crippen LogP contribution in [0.25, 0.3) is 0 Å². The number of nitrogens with zero attached hydrogens (tertiary/aromatic N) is 4. The number of hydrogen-bond acceptors (Lipinski definition) is 9. The van der Waals surface area contributed by atoms with Gasteiger partial charge < -0.3 is 4.18 Å². The SMILES string of the molecule is CC1=NN(c2cc(Cl)c(S(=O)(=O)O)cc2Cl)C(=O)C1N=Nc1ccc(OS(=O)(=O)c2ccc(C)cc2)cc1. The number of halogens is 2. The van der Waals surface area contributed by atoms with Gasteiger partial charge >= 0.3 is 10.1 Å². The molecule has 11 nitrogen and oxygen atoms in total. The molecule has 0 bridgehead atoms. The van der Waals surface area contributed by atoms with Gasteiger partial charge in [-0.2, -0.15) is 37.2 Å². The Labute approximate surface area is 228 Å². The van der Waals surface area contributed by atoms with Crippen molar-refractivity contribution in [2.24, 2.45) is 15.3 Å². The van der Waals surface area contributed by atoms with Crippen LogP contribution in [0.5, 0.6) is 5.75 Å². The van der Waals surface area contributed by atoms with Gasteiger partial charge in [-0.15, -0.1) is 0 Å². The van der Waals surface area contributed by atoms with Crippen molar-refractivity contribution in [3.63, 3.8) is 0 Å². The highest BCUT2D eigenvalue weighted by Gasteiger charge is 2.36. The summed E-state index contributed by atoms with van der Waals surface area (Å²) in [5.74, 6) is -0.571. The van der Waals surface area contributed by atoms with Crippen LogP contribution in [0.1, 0.15) is 12.5 Å². The summed E-state index contributed by atoms with van der Waals surface area (Å²) >= 11 is 12.1. The van der Waals surface area contributed by atoms with E-state index in [-0.39, 0.29) is 32.1 Å². The van der Waals surface area contributed by atoms with Crippen molar-refractivity contribution in [2.45, 2.75) is 29.7 Å². The standard InChI is InChI=1S/C23H18Cl2N4O7S2/c1-13-3-9-17(10-4-13)38(34,35)36-16-7-5-15(6-8-16)26-27-22-14(2)28-29(23(22)30)20-11-19(25)21(12-18(20)24)37(31,32)33/h3-12,22H,1-2H3,(H,31,32,33). The second kappa shape index (κ2) is 10.4. The molecule has 1 aliphatic heterocycles. The first-order valence-corrected chi connectivity index (χ1v) is 14.2. The van der Waals surface area contributed by atoms with E-state index < -0.39 is 37.1 Å². The molecule has 1 amide bonds. The fourth-order valence-corrected chi connectivity index (χ4v) is 5.57. The van der Waals surface area contributed by atoms with Gasteiger partial charge in [-0.1, -0.05) is 40.9 Å². The minimum Gasteiger partial charge on any atom is -0.379 e. The number of aryl methyl sites for hydroxylation is 1. The molecule has 38 heavy (non-hydrogen) atoms. The largest absolute Gasteiger partial charge is 0.379 e. The molecule has 1 N–H and O–H groups in total. The first-order chi connectivity index (χ1) is 17.8. The molecule has 3 aromatic carbocycles. The van der Waals surface area contributed by atoms with E-state index in [2.05, 4.69) is 15.3 Å². The lowest BCUT2D eigenvalue weighted by Crippen LogP contribution is -2.30. The molecule has 15 heteroatoms. The lowest BCUT2D eigenvalue weighted by atomic mass is 10.2. The summed E-state index contributed by atoms with van der Waals surface area (Å²) in [4.78, 5) is 12.3. The topological polar surface area (TPSA) is 155 Å². The quantitative estimate of drug-likeness (QED) is 0.223. The van der Waals surface area contributed by atoms with E-state index in [0.717, 1.165) is 22.7 Å². The predicted molar refractivity (Wildman–Crippen MR) is 141 cm³/mol. The molecule has 0 fully saturated rings. The van der Waals surface area contributed by atoms with Crippen molar-refractivity contribution in [3.8, 4) is 5.75 Å². The molecule has 1 unspecified atom stereocenters. The Morgan fingerprint density at radius 1 is 0.947 bits per heavy atom. The maximum Gasteiger partial charge on any atom is 0.339 e. The van der Waals surface area contributed by atoms with E-state index in [0.29, 0.717) is 5.69 Å². The average molecular weight is 597 g/mol. The van der Waals surface area contributed by atoms with Crippen molar-refractivity contribution in [2.75, 3.05) is 5.01 Å². The van der Waals surface area contributed by atoms with Crippen LogP contribution in [0.3, 0.4) is 0 Å². The third kappa shape index (κ3) is 5.87. The highest BCUT2D eigenvalue weighted by molar-refractivity contribution is 7.87. The van der Waals surface area contributed by atoms with Gasteiger partial charge in [0.25, 0.3) is 16.0 Å². The number of benzene rings is 3. The number of carbonyl (C=O) groups excluding carboxylic acids is 1. The third-order valence-corrected chi connectivity index (χ3v) is 8.13. The molecule has 1 aliphatic rings. The number of azo groups is 1. The number of hydrogen-bond donors (Lipinski definition) is 1. The van der Waals surface area contributed by atoms with Gasteiger partial charge in [-0.25, -0.2) is 0 Å². The molecule has 4 rings (SSSR count). The summed E-state index contributed by atoms with van der Waals surface area (Å²) in [6.07, 6.45) is 0. The zero-order chi connectivity index (χ0) is 27.8. The maximum absolute atomic E-state index is 13.0. The summed E-state index contributed by atoms with van der Waals surface area (Å²) < 4.78 is 62.2. The zero-order valence-electron chi connectivity index (χ0n) is 19.6. The number of rotatable bonds is 7. The van der Waals surface area contributed by atoms with Crippen LogP contribution in [0.4, 0.5) is 11.4 Å². The predicted octanol–water partition coefficient (Wildman–Crippen LogP) is 5.19. The van der Waals surface area contributed by atoms with Crippen LogP contribution in [0, 0.1) is 6.92 Å². The van der Waals surface area contributed by atoms with Gasteiger partial charge in [0.2, 0.25) is 0 Å². The molecule has 1 atom stereocenters. The Kier molecular flexibility index (Phi) is 7.59. The molecule has 0 saturated carbocycles. The molecule has 0 aliphatic carbocycles. The molecular formula is C23H18Cl2N4O7S2. The second-order valence-corrected chi connectivity index (χ2v) is 11.8. The van der Waals surface area contributed by atoms with Gasteiger partial charge in [0.1, 0.15) is 15.5 Å². The molecule has 198 valence electrons. The normalized spacial score (nSPS) is 16.2. The van der Waals surface area contributed by atoms with E-state index in [9.17, 15) is 26.2 Å². The molecular weight excluding hydrogens is 579 g/mol. The fourth-order valence-electron chi connectivity index (χ4n) is 3.31. The molecule has 0 spiro atoms. The fraction of sp³-hybridized carbons (Fsp3) is 0.130. The van der Waals surface area contributed by atoms with Gasteiger partial charge in [0.15, 0.2) is 6.04 Å². The summed E-state index contributed by atoms with van der Waals surface area (Å²) in [6, 6.07) is 12.8. The summed E-state index contributed by atoms with van der Waals surface area (Å²) in [7, 11) is -8.65. The second-order valence-electron chi connectivity index (χ2n) is 8.06. The van der Waals surface area contributed by atoms with Gasteiger partial charge in [0.05, 0.1) is 27.1 Å². The Bertz CT molecular complexity index is 1690. The number of hydrazone groups is 1. The van der Waals surface area contributed by atoms with Crippen LogP contribution in [-0.4, -0.2) is 39.0 Å². The van der Waals surface area contributed by atoms with Crippen LogP contribution in [-0.2, 0) is 25.0 Å². The minimum absolute atomic E-state index is 0.0117. The maximum atomic E-state index is 13.0. The zero-order valence-corrected chi connectivity index (χ0v) is 22.8. The van der Waals surface area contributed by atoms with E-state index in [1.54, 1.807) is 12.1 Å². The van der Waals surface area contributed by atoms with Gasteiger partial charge in [-0.05, 0) is 62.4 Å². The Balaban J connectivity index is 1.49. The highest BCUT2D eigenvalue weighted by atomic mass is 35.5. The minimum atomic E-state index is -4.63. The molecule has 0 aromatic heterocycles. The molecule has 0 saturated heterocycles. The van der Waals surface area contributed by atoms with Crippen molar-refractivity contribution in [1.29, 1.82) is 0 Å². The summed E-state index contributed by atoms with van der Waals surface area (Å²) in [5.41, 5.74) is 1.48. The summed E-state index contributed by atoms with van der Waals surface area (Å²) in [6.45, 7) is 3.37. The van der Waals surface area contributed by atoms with Crippen LogP contribution in [0.15, 0.2) is 85.8 Å². The van der Waals surface area contributed by atoms with Crippen molar-refractivity contribution in [3.05, 3.63) is 76.3 Å².